The lowest BCUT2D eigenvalue weighted by Crippen LogP contribution is -2.39. The molecule has 186 valence electrons. The average Bonchev–Trinajstić information content (AvgIpc) is 2.85. The molecule has 0 aromatic heterocycles. The topological polar surface area (TPSA) is 99.2 Å². The first-order chi connectivity index (χ1) is 15.9. The van der Waals surface area contributed by atoms with Gasteiger partial charge in [-0.2, -0.15) is 4.31 Å². The number of nitrogens with one attached hydrogen (secondary N) is 1. The molecule has 8 nitrogen and oxygen atoms in total. The molecule has 0 spiro atoms. The Morgan fingerprint density at radius 3 is 2.32 bits per heavy atom. The van der Waals surface area contributed by atoms with Crippen molar-refractivity contribution in [2.24, 2.45) is 0 Å². The molecular formula is C24H32ClN3O5S. The van der Waals surface area contributed by atoms with Crippen molar-refractivity contribution in [3.8, 4) is 5.75 Å². The van der Waals surface area contributed by atoms with E-state index in [1.165, 1.54) is 36.9 Å². The van der Waals surface area contributed by atoms with Gasteiger partial charge in [0, 0.05) is 25.3 Å². The Hall–Kier alpha value is -2.59. The van der Waals surface area contributed by atoms with Crippen LogP contribution < -0.4 is 15.1 Å². The van der Waals surface area contributed by atoms with Gasteiger partial charge >= 0.3 is 0 Å². The molecular weight excluding hydrogens is 478 g/mol. The first-order valence-electron chi connectivity index (χ1n) is 11.0. The van der Waals surface area contributed by atoms with Gasteiger partial charge in [0.2, 0.25) is 10.0 Å². The van der Waals surface area contributed by atoms with Crippen LogP contribution in [0, 0.1) is 0 Å². The molecule has 1 aliphatic rings. The minimum atomic E-state index is -4.00. The SMILES string of the molecule is C=CCCOc1ccc(S(=O)(=O)N(CC(=O)NO)Cc2ccc(N3CCCCC3)cc2)cc1.Cl. The number of carbonyl (C=O) groups is 1. The maximum Gasteiger partial charge on any atom is 0.258 e. The first kappa shape index (κ1) is 27.7. The van der Waals surface area contributed by atoms with E-state index in [0.717, 1.165) is 28.6 Å². The number of ether oxygens (including phenoxy) is 1. The molecule has 10 heteroatoms. The fourth-order valence-corrected chi connectivity index (χ4v) is 5.09. The van der Waals surface area contributed by atoms with Crippen LogP contribution >= 0.6 is 12.4 Å². The maximum atomic E-state index is 13.3. The smallest absolute Gasteiger partial charge is 0.258 e. The number of sulfonamides is 1. The quantitative estimate of drug-likeness (QED) is 0.207. The molecule has 2 aromatic rings. The second kappa shape index (κ2) is 13.3. The van der Waals surface area contributed by atoms with Crippen molar-refractivity contribution in [2.45, 2.75) is 37.1 Å². The van der Waals surface area contributed by atoms with Crippen LogP contribution in [-0.4, -0.2) is 50.1 Å². The van der Waals surface area contributed by atoms with Gasteiger partial charge in [0.1, 0.15) is 5.75 Å². The molecule has 1 fully saturated rings. The highest BCUT2D eigenvalue weighted by atomic mass is 35.5. The molecule has 0 radical (unpaired) electrons. The van der Waals surface area contributed by atoms with Crippen molar-refractivity contribution in [2.75, 3.05) is 31.1 Å². The Bertz CT molecular complexity index is 1020. The highest BCUT2D eigenvalue weighted by Gasteiger charge is 2.27. The standard InChI is InChI=1S/C24H31N3O5S.ClH/c1-2-3-17-32-22-11-13-23(14-12-22)33(30,31)27(19-24(28)25-29)18-20-7-9-21(10-8-20)26-15-5-4-6-16-26;/h2,7-14,29H,1,3-6,15-19H2,(H,25,28);1H. The minimum Gasteiger partial charge on any atom is -0.493 e. The lowest BCUT2D eigenvalue weighted by molar-refractivity contribution is -0.129. The second-order valence-electron chi connectivity index (χ2n) is 7.92. The number of hydroxylamine groups is 1. The largest absolute Gasteiger partial charge is 0.493 e. The molecule has 0 atom stereocenters. The van der Waals surface area contributed by atoms with Gasteiger partial charge in [0.15, 0.2) is 0 Å². The summed E-state index contributed by atoms with van der Waals surface area (Å²) in [5.74, 6) is -0.267. The number of halogens is 1. The fraction of sp³-hybridized carbons (Fsp3) is 0.375. The minimum absolute atomic E-state index is 0. The summed E-state index contributed by atoms with van der Waals surface area (Å²) in [6.07, 6.45) is 6.00. The zero-order valence-corrected chi connectivity index (χ0v) is 20.7. The molecule has 2 aromatic carbocycles. The van der Waals surface area contributed by atoms with Crippen molar-refractivity contribution in [1.29, 1.82) is 0 Å². The van der Waals surface area contributed by atoms with Gasteiger partial charge < -0.3 is 9.64 Å². The van der Waals surface area contributed by atoms with Crippen LogP contribution in [0.5, 0.6) is 5.75 Å². The Morgan fingerprint density at radius 1 is 1.09 bits per heavy atom. The van der Waals surface area contributed by atoms with E-state index in [0.29, 0.717) is 18.8 Å². The third kappa shape index (κ3) is 7.46. The predicted molar refractivity (Wildman–Crippen MR) is 134 cm³/mol. The van der Waals surface area contributed by atoms with E-state index in [1.54, 1.807) is 18.2 Å². The van der Waals surface area contributed by atoms with E-state index in [4.69, 9.17) is 9.94 Å². The van der Waals surface area contributed by atoms with E-state index in [-0.39, 0.29) is 23.8 Å². The van der Waals surface area contributed by atoms with E-state index >= 15 is 0 Å². The molecule has 0 unspecified atom stereocenters. The average molecular weight is 510 g/mol. The number of nitrogens with zero attached hydrogens (tertiary/aromatic N) is 2. The summed E-state index contributed by atoms with van der Waals surface area (Å²) in [5, 5.41) is 8.96. The van der Waals surface area contributed by atoms with Gasteiger partial charge in [-0.3, -0.25) is 10.0 Å². The second-order valence-corrected chi connectivity index (χ2v) is 9.86. The molecule has 0 aliphatic carbocycles. The maximum absolute atomic E-state index is 13.3. The molecule has 1 aliphatic heterocycles. The Kier molecular flexibility index (Phi) is 10.8. The van der Waals surface area contributed by atoms with Gasteiger partial charge in [0.25, 0.3) is 5.91 Å². The first-order valence-corrected chi connectivity index (χ1v) is 12.5. The lowest BCUT2D eigenvalue weighted by Gasteiger charge is -2.29. The summed E-state index contributed by atoms with van der Waals surface area (Å²) in [7, 11) is -4.00. The van der Waals surface area contributed by atoms with Crippen LogP contribution in [0.25, 0.3) is 0 Å². The summed E-state index contributed by atoms with van der Waals surface area (Å²) in [6.45, 7) is 5.60. The monoisotopic (exact) mass is 509 g/mol. The number of amides is 1. The molecule has 3 rings (SSSR count). The van der Waals surface area contributed by atoms with Gasteiger partial charge in [-0.1, -0.05) is 18.2 Å². The number of piperidine rings is 1. The summed E-state index contributed by atoms with van der Waals surface area (Å²) in [4.78, 5) is 14.2. The number of benzene rings is 2. The van der Waals surface area contributed by atoms with Crippen LogP contribution in [0.2, 0.25) is 0 Å². The van der Waals surface area contributed by atoms with E-state index < -0.39 is 22.5 Å². The molecule has 0 bridgehead atoms. The third-order valence-electron chi connectivity index (χ3n) is 5.51. The number of hydrogen-bond acceptors (Lipinski definition) is 6. The van der Waals surface area contributed by atoms with Crippen LogP contribution in [0.15, 0.2) is 66.1 Å². The molecule has 1 amide bonds. The van der Waals surface area contributed by atoms with E-state index in [2.05, 4.69) is 11.5 Å². The lowest BCUT2D eigenvalue weighted by atomic mass is 10.1. The predicted octanol–water partition coefficient (Wildman–Crippen LogP) is 3.75. The number of rotatable bonds is 11. The third-order valence-corrected chi connectivity index (χ3v) is 7.32. The van der Waals surface area contributed by atoms with Crippen molar-refractivity contribution in [3.05, 3.63) is 66.7 Å². The van der Waals surface area contributed by atoms with Gasteiger partial charge in [-0.15, -0.1) is 19.0 Å². The summed E-state index contributed by atoms with van der Waals surface area (Å²) in [6, 6.07) is 13.8. The van der Waals surface area contributed by atoms with Crippen molar-refractivity contribution in [3.63, 3.8) is 0 Å². The fourth-order valence-electron chi connectivity index (χ4n) is 3.71. The van der Waals surface area contributed by atoms with Crippen molar-refractivity contribution in [1.82, 2.24) is 9.79 Å². The van der Waals surface area contributed by atoms with Crippen molar-refractivity contribution >= 4 is 34.0 Å². The van der Waals surface area contributed by atoms with E-state index in [9.17, 15) is 13.2 Å². The normalized spacial score (nSPS) is 13.8. The van der Waals surface area contributed by atoms with Gasteiger partial charge in [-0.05, 0) is 67.6 Å². The molecule has 34 heavy (non-hydrogen) atoms. The summed E-state index contributed by atoms with van der Waals surface area (Å²) < 4.78 is 33.1. The molecule has 1 heterocycles. The van der Waals surface area contributed by atoms with Crippen LogP contribution in [0.1, 0.15) is 31.2 Å². The summed E-state index contributed by atoms with van der Waals surface area (Å²) >= 11 is 0. The molecule has 1 saturated heterocycles. The Labute approximate surface area is 207 Å². The highest BCUT2D eigenvalue weighted by Crippen LogP contribution is 2.24. The number of carbonyl (C=O) groups excluding carboxylic acids is 1. The highest BCUT2D eigenvalue weighted by molar-refractivity contribution is 7.89. The van der Waals surface area contributed by atoms with Gasteiger partial charge in [0.05, 0.1) is 18.0 Å². The van der Waals surface area contributed by atoms with Crippen LogP contribution in [-0.2, 0) is 21.4 Å². The Morgan fingerprint density at radius 2 is 1.74 bits per heavy atom. The summed E-state index contributed by atoms with van der Waals surface area (Å²) in [5.41, 5.74) is 3.36. The van der Waals surface area contributed by atoms with Crippen molar-refractivity contribution < 1.29 is 23.2 Å². The zero-order valence-electron chi connectivity index (χ0n) is 19.1. The zero-order chi connectivity index (χ0) is 23.7. The number of anilines is 1. The van der Waals surface area contributed by atoms with Crippen LogP contribution in [0.3, 0.4) is 0 Å². The Balaban J connectivity index is 0.00000408. The van der Waals surface area contributed by atoms with E-state index in [1.807, 2.05) is 24.3 Å². The van der Waals surface area contributed by atoms with Crippen LogP contribution in [0.4, 0.5) is 5.69 Å². The van der Waals surface area contributed by atoms with Gasteiger partial charge in [-0.25, -0.2) is 13.9 Å². The number of hydrogen-bond donors (Lipinski definition) is 2. The molecule has 2 N–H and O–H groups in total. The molecule has 0 saturated carbocycles.